The minimum atomic E-state index is 0. The number of hydrogen-bond acceptors (Lipinski definition) is 3. The summed E-state index contributed by atoms with van der Waals surface area (Å²) < 4.78 is 5.57. The minimum Gasteiger partial charge on any atom is -0.377 e. The zero-order valence-electron chi connectivity index (χ0n) is 16.5. The van der Waals surface area contributed by atoms with Gasteiger partial charge in [0.25, 0.3) is 0 Å². The summed E-state index contributed by atoms with van der Waals surface area (Å²) >= 11 is 0. The van der Waals surface area contributed by atoms with Crippen LogP contribution in [-0.4, -0.2) is 50.2 Å². The Morgan fingerprint density at radius 3 is 2.50 bits per heavy atom. The van der Waals surface area contributed by atoms with Gasteiger partial charge >= 0.3 is 0 Å². The van der Waals surface area contributed by atoms with E-state index in [4.69, 9.17) is 4.74 Å². The van der Waals surface area contributed by atoms with E-state index in [1.165, 1.54) is 50.0 Å². The number of nitrogens with zero attached hydrogens (tertiary/aromatic N) is 2. The Morgan fingerprint density at radius 1 is 1.19 bits per heavy atom. The average molecular weight is 474 g/mol. The van der Waals surface area contributed by atoms with Gasteiger partial charge in [-0.2, -0.15) is 0 Å². The van der Waals surface area contributed by atoms with E-state index in [2.05, 4.69) is 51.7 Å². The Balaban J connectivity index is 0.00000338. The molecule has 0 aliphatic carbocycles. The standard InChI is InChI=1S/C20H34N4O.HI/c1-4-12-24-13-10-19(11-14-24)23-20(21-3)22-15-17-8-6-7-9-18(17)16-25-5-2;/h6-9,19H,4-5,10-16H2,1-3H3,(H2,21,22,23);1H. The lowest BCUT2D eigenvalue weighted by Crippen LogP contribution is -2.48. The van der Waals surface area contributed by atoms with Gasteiger partial charge in [-0.3, -0.25) is 4.99 Å². The third-order valence-corrected chi connectivity index (χ3v) is 4.72. The smallest absolute Gasteiger partial charge is 0.191 e. The van der Waals surface area contributed by atoms with E-state index in [0.29, 0.717) is 12.6 Å². The van der Waals surface area contributed by atoms with Gasteiger partial charge in [-0.25, -0.2) is 0 Å². The van der Waals surface area contributed by atoms with Crippen LogP contribution >= 0.6 is 24.0 Å². The molecule has 0 saturated carbocycles. The SMILES string of the molecule is CCCN1CCC(NC(=NC)NCc2ccccc2COCC)CC1.I. The van der Waals surface area contributed by atoms with Crippen molar-refractivity contribution in [3.63, 3.8) is 0 Å². The highest BCUT2D eigenvalue weighted by atomic mass is 127. The first-order chi connectivity index (χ1) is 12.3. The van der Waals surface area contributed by atoms with Crippen molar-refractivity contribution in [3.8, 4) is 0 Å². The van der Waals surface area contributed by atoms with Gasteiger partial charge < -0.3 is 20.3 Å². The Kier molecular flexibility index (Phi) is 11.9. The monoisotopic (exact) mass is 474 g/mol. The Hall–Kier alpha value is -0.860. The van der Waals surface area contributed by atoms with E-state index in [9.17, 15) is 0 Å². The predicted molar refractivity (Wildman–Crippen MR) is 120 cm³/mol. The molecule has 148 valence electrons. The van der Waals surface area contributed by atoms with Crippen LogP contribution < -0.4 is 10.6 Å². The topological polar surface area (TPSA) is 48.9 Å². The molecule has 5 nitrogen and oxygen atoms in total. The highest BCUT2D eigenvalue weighted by Crippen LogP contribution is 2.12. The molecule has 1 aliphatic rings. The maximum atomic E-state index is 5.57. The summed E-state index contributed by atoms with van der Waals surface area (Å²) in [5.41, 5.74) is 2.50. The molecule has 0 aromatic heterocycles. The van der Waals surface area contributed by atoms with Gasteiger partial charge in [0.15, 0.2) is 5.96 Å². The largest absolute Gasteiger partial charge is 0.377 e. The molecule has 1 aromatic carbocycles. The number of rotatable bonds is 8. The summed E-state index contributed by atoms with van der Waals surface area (Å²) in [6.07, 6.45) is 3.60. The number of halogens is 1. The predicted octanol–water partition coefficient (Wildman–Crippen LogP) is 3.38. The average Bonchev–Trinajstić information content (AvgIpc) is 2.65. The van der Waals surface area contributed by atoms with E-state index in [-0.39, 0.29) is 24.0 Å². The second kappa shape index (κ2) is 13.3. The number of hydrogen-bond donors (Lipinski definition) is 2. The molecule has 0 spiro atoms. The van der Waals surface area contributed by atoms with Crippen LogP contribution in [0.2, 0.25) is 0 Å². The quantitative estimate of drug-likeness (QED) is 0.345. The first-order valence-corrected chi connectivity index (χ1v) is 9.60. The van der Waals surface area contributed by atoms with Crippen LogP contribution in [0.4, 0.5) is 0 Å². The summed E-state index contributed by atoms with van der Waals surface area (Å²) in [6, 6.07) is 8.93. The van der Waals surface area contributed by atoms with Crippen molar-refractivity contribution in [2.75, 3.05) is 33.3 Å². The summed E-state index contributed by atoms with van der Waals surface area (Å²) in [6.45, 7) is 10.0. The molecule has 0 atom stereocenters. The number of ether oxygens (including phenoxy) is 1. The molecule has 1 aliphatic heterocycles. The molecular formula is C20H35IN4O. The fourth-order valence-corrected chi connectivity index (χ4v) is 3.27. The normalized spacial score (nSPS) is 16.2. The zero-order chi connectivity index (χ0) is 17.9. The third-order valence-electron chi connectivity index (χ3n) is 4.72. The van der Waals surface area contributed by atoms with E-state index in [0.717, 1.165) is 19.1 Å². The van der Waals surface area contributed by atoms with Crippen LogP contribution in [0, 0.1) is 0 Å². The molecule has 6 heteroatoms. The van der Waals surface area contributed by atoms with Gasteiger partial charge in [-0.15, -0.1) is 24.0 Å². The van der Waals surface area contributed by atoms with Crippen LogP contribution in [0.25, 0.3) is 0 Å². The summed E-state index contributed by atoms with van der Waals surface area (Å²) in [4.78, 5) is 6.95. The van der Waals surface area contributed by atoms with Gasteiger partial charge in [0.2, 0.25) is 0 Å². The van der Waals surface area contributed by atoms with E-state index in [1.807, 2.05) is 14.0 Å². The van der Waals surface area contributed by atoms with E-state index >= 15 is 0 Å². The maximum Gasteiger partial charge on any atom is 0.191 e. The Labute approximate surface area is 176 Å². The highest BCUT2D eigenvalue weighted by Gasteiger charge is 2.19. The summed E-state index contributed by atoms with van der Waals surface area (Å²) in [5, 5.41) is 7.04. The number of benzene rings is 1. The Bertz CT molecular complexity index is 530. The molecule has 2 N–H and O–H groups in total. The first-order valence-electron chi connectivity index (χ1n) is 9.60. The van der Waals surface area contributed by atoms with E-state index < -0.39 is 0 Å². The first kappa shape index (κ1) is 23.2. The van der Waals surface area contributed by atoms with Crippen LogP contribution in [-0.2, 0) is 17.9 Å². The van der Waals surface area contributed by atoms with E-state index in [1.54, 1.807) is 0 Å². The third kappa shape index (κ3) is 7.80. The fourth-order valence-electron chi connectivity index (χ4n) is 3.27. The van der Waals surface area contributed by atoms with Gasteiger partial charge in [0.1, 0.15) is 0 Å². The number of nitrogens with one attached hydrogen (secondary N) is 2. The van der Waals surface area contributed by atoms with Crippen molar-refractivity contribution >= 4 is 29.9 Å². The number of aliphatic imine (C=N–C) groups is 1. The van der Waals surface area contributed by atoms with Crippen molar-refractivity contribution in [2.45, 2.75) is 52.3 Å². The van der Waals surface area contributed by atoms with Gasteiger partial charge in [0.05, 0.1) is 6.61 Å². The number of guanidine groups is 1. The van der Waals surface area contributed by atoms with Crippen LogP contribution in [0.3, 0.4) is 0 Å². The second-order valence-electron chi connectivity index (χ2n) is 6.59. The van der Waals surface area contributed by atoms with Crippen molar-refractivity contribution in [1.29, 1.82) is 0 Å². The van der Waals surface area contributed by atoms with Crippen molar-refractivity contribution < 1.29 is 4.74 Å². The summed E-state index contributed by atoms with van der Waals surface area (Å²) in [5.74, 6) is 0.889. The van der Waals surface area contributed by atoms with Crippen molar-refractivity contribution in [2.24, 2.45) is 4.99 Å². The molecule has 0 bridgehead atoms. The molecule has 26 heavy (non-hydrogen) atoms. The van der Waals surface area contributed by atoms with Crippen LogP contribution in [0.1, 0.15) is 44.2 Å². The molecule has 1 aromatic rings. The molecule has 1 fully saturated rings. The lowest BCUT2D eigenvalue weighted by Gasteiger charge is -2.32. The van der Waals surface area contributed by atoms with Crippen molar-refractivity contribution in [3.05, 3.63) is 35.4 Å². The molecule has 0 amide bonds. The fraction of sp³-hybridized carbons (Fsp3) is 0.650. The number of piperidine rings is 1. The lowest BCUT2D eigenvalue weighted by molar-refractivity contribution is 0.133. The molecular weight excluding hydrogens is 439 g/mol. The number of likely N-dealkylation sites (tertiary alicyclic amines) is 1. The van der Waals surface area contributed by atoms with Gasteiger partial charge in [0, 0.05) is 39.3 Å². The van der Waals surface area contributed by atoms with Crippen LogP contribution in [0.15, 0.2) is 29.3 Å². The maximum absolute atomic E-state index is 5.57. The molecule has 0 unspecified atom stereocenters. The minimum absolute atomic E-state index is 0. The Morgan fingerprint density at radius 2 is 1.88 bits per heavy atom. The second-order valence-corrected chi connectivity index (χ2v) is 6.59. The molecule has 1 heterocycles. The van der Waals surface area contributed by atoms with Crippen LogP contribution in [0.5, 0.6) is 0 Å². The zero-order valence-corrected chi connectivity index (χ0v) is 18.8. The summed E-state index contributed by atoms with van der Waals surface area (Å²) in [7, 11) is 1.84. The molecule has 1 saturated heterocycles. The molecule has 2 rings (SSSR count). The van der Waals surface area contributed by atoms with Gasteiger partial charge in [-0.05, 0) is 43.9 Å². The molecule has 0 radical (unpaired) electrons. The van der Waals surface area contributed by atoms with Gasteiger partial charge in [-0.1, -0.05) is 31.2 Å². The highest BCUT2D eigenvalue weighted by molar-refractivity contribution is 14.0. The van der Waals surface area contributed by atoms with Crippen molar-refractivity contribution in [1.82, 2.24) is 15.5 Å². The lowest BCUT2D eigenvalue weighted by atomic mass is 10.1.